The highest BCUT2D eigenvalue weighted by Gasteiger charge is 2.33. The number of nitrogens with zero attached hydrogens (tertiary/aromatic N) is 5. The number of benzene rings is 2. The van der Waals surface area contributed by atoms with E-state index in [1.807, 2.05) is 18.7 Å². The van der Waals surface area contributed by atoms with Gasteiger partial charge in [-0.1, -0.05) is 37.2 Å². The number of aromatic nitrogens is 3. The second kappa shape index (κ2) is 11.1. The summed E-state index contributed by atoms with van der Waals surface area (Å²) >= 11 is 0. The van der Waals surface area contributed by atoms with Gasteiger partial charge in [-0.05, 0) is 36.2 Å². The van der Waals surface area contributed by atoms with E-state index >= 15 is 0 Å². The molecule has 0 radical (unpaired) electrons. The fourth-order valence-electron chi connectivity index (χ4n) is 4.70. The van der Waals surface area contributed by atoms with Crippen molar-refractivity contribution in [2.45, 2.75) is 32.6 Å². The van der Waals surface area contributed by atoms with Crippen LogP contribution in [-0.2, 0) is 18.8 Å². The number of carbonyl (C=O) groups excluding carboxylic acids is 1. The Morgan fingerprint density at radius 1 is 0.929 bits per heavy atom. The van der Waals surface area contributed by atoms with Crippen molar-refractivity contribution in [1.82, 2.24) is 20.0 Å². The quantitative estimate of drug-likeness (QED) is 0.255. The van der Waals surface area contributed by atoms with Gasteiger partial charge in [0, 0.05) is 43.9 Å². The molecule has 2 aromatic heterocycles. The number of hydrogen-bond donors (Lipinski definition) is 1. The molecule has 0 spiro atoms. The van der Waals surface area contributed by atoms with Crippen molar-refractivity contribution >= 4 is 28.6 Å². The number of urea groups is 1. The maximum absolute atomic E-state index is 13.4. The number of fused-ring (bicyclic) bond motifs is 1. The normalized spacial score (nSPS) is 14.6. The fraction of sp³-hybridized carbons (Fsp3) is 0.357. The molecule has 4 aromatic rings. The first-order chi connectivity index (χ1) is 19.8. The highest BCUT2D eigenvalue weighted by Crippen LogP contribution is 2.37. The summed E-state index contributed by atoms with van der Waals surface area (Å²) in [6.07, 6.45) is -8.58. The number of halogens is 6. The number of hydrogen-bond acceptors (Lipinski definition) is 6. The van der Waals surface area contributed by atoms with Crippen LogP contribution in [0.2, 0.25) is 0 Å². The van der Waals surface area contributed by atoms with Gasteiger partial charge in [-0.2, -0.15) is 31.3 Å². The van der Waals surface area contributed by atoms with E-state index in [1.54, 1.807) is 0 Å². The minimum atomic E-state index is -4.55. The Hall–Kier alpha value is -4.36. The molecule has 0 saturated carbocycles. The second-order valence-corrected chi connectivity index (χ2v) is 10.3. The Morgan fingerprint density at radius 2 is 1.57 bits per heavy atom. The summed E-state index contributed by atoms with van der Waals surface area (Å²) in [4.78, 5) is 25.4. The molecule has 3 heterocycles. The van der Waals surface area contributed by atoms with Crippen LogP contribution < -0.4 is 10.2 Å². The summed E-state index contributed by atoms with van der Waals surface area (Å²) in [6, 6.07) is 8.54. The molecule has 8 nitrogen and oxygen atoms in total. The van der Waals surface area contributed by atoms with Crippen molar-refractivity contribution in [3.05, 3.63) is 65.5 Å². The lowest BCUT2D eigenvalue weighted by Gasteiger charge is -2.35. The van der Waals surface area contributed by atoms with Crippen LogP contribution in [0.25, 0.3) is 22.4 Å². The minimum Gasteiger partial charge on any atom is -0.352 e. The summed E-state index contributed by atoms with van der Waals surface area (Å²) in [5, 5.41) is 6.91. The number of alkyl halides is 6. The third kappa shape index (κ3) is 6.26. The number of carbonyl (C=O) groups is 1. The van der Waals surface area contributed by atoms with Crippen LogP contribution in [0.4, 0.5) is 42.6 Å². The minimum absolute atomic E-state index is 0.0169. The highest BCUT2D eigenvalue weighted by atomic mass is 19.4. The number of rotatable bonds is 5. The van der Waals surface area contributed by atoms with E-state index in [9.17, 15) is 31.1 Å². The maximum Gasteiger partial charge on any atom is 0.416 e. The summed E-state index contributed by atoms with van der Waals surface area (Å²) in [6.45, 7) is 4.97. The summed E-state index contributed by atoms with van der Waals surface area (Å²) < 4.78 is 84.9. The monoisotopic (exact) mass is 592 g/mol. The molecular formula is C28H26F6N6O2. The average Bonchev–Trinajstić information content (AvgIpc) is 3.36. The molecule has 222 valence electrons. The lowest BCUT2D eigenvalue weighted by atomic mass is 10.1. The van der Waals surface area contributed by atoms with Gasteiger partial charge in [0.25, 0.3) is 5.71 Å². The molecule has 1 fully saturated rings. The molecule has 1 saturated heterocycles. The van der Waals surface area contributed by atoms with Crippen molar-refractivity contribution in [2.24, 2.45) is 5.92 Å². The predicted octanol–water partition coefficient (Wildman–Crippen LogP) is 6.88. The summed E-state index contributed by atoms with van der Waals surface area (Å²) in [5.41, 5.74) is -1.22. The highest BCUT2D eigenvalue weighted by molar-refractivity contribution is 5.98. The molecule has 0 atom stereocenters. The Bertz CT molecular complexity index is 1590. The molecule has 42 heavy (non-hydrogen) atoms. The van der Waals surface area contributed by atoms with Crippen LogP contribution in [0, 0.1) is 5.92 Å². The first-order valence-electron chi connectivity index (χ1n) is 13.1. The topological polar surface area (TPSA) is 87.4 Å². The summed E-state index contributed by atoms with van der Waals surface area (Å²) in [7, 11) is 0. The molecule has 2 amide bonds. The molecular weight excluding hydrogens is 566 g/mol. The van der Waals surface area contributed by atoms with E-state index < -0.39 is 29.5 Å². The lowest BCUT2D eigenvalue weighted by molar-refractivity contribution is -0.138. The second-order valence-electron chi connectivity index (χ2n) is 10.3. The fourth-order valence-corrected chi connectivity index (χ4v) is 4.70. The van der Waals surface area contributed by atoms with Gasteiger partial charge in [0.1, 0.15) is 22.7 Å². The van der Waals surface area contributed by atoms with Crippen LogP contribution in [0.1, 0.15) is 30.8 Å². The standard InChI is InChI=1S/C28H26F6N6O2/c1-16(2)13-21-36-24(22-23(38-42-25(22)37-21)17-5-3-6-18(14-17)27(29,30)31)39-9-11-40(12-10-39)26(41)35-20-8-4-7-19(15-20)28(32,33)34/h3-8,14-16H,9-13H2,1-2H3,(H,35,41). The van der Waals surface area contributed by atoms with Crippen molar-refractivity contribution in [3.8, 4) is 11.3 Å². The molecule has 1 aliphatic rings. The van der Waals surface area contributed by atoms with Crippen LogP contribution in [-0.4, -0.2) is 52.2 Å². The molecule has 2 aromatic carbocycles. The van der Waals surface area contributed by atoms with E-state index in [4.69, 9.17) is 9.51 Å². The third-order valence-electron chi connectivity index (χ3n) is 6.72. The van der Waals surface area contributed by atoms with E-state index in [1.165, 1.54) is 29.2 Å². The molecule has 5 rings (SSSR count). The first-order valence-corrected chi connectivity index (χ1v) is 13.1. The molecule has 1 aliphatic heterocycles. The van der Waals surface area contributed by atoms with Crippen molar-refractivity contribution in [1.29, 1.82) is 0 Å². The van der Waals surface area contributed by atoms with Gasteiger partial charge in [-0.15, -0.1) is 0 Å². The van der Waals surface area contributed by atoms with Crippen molar-refractivity contribution in [2.75, 3.05) is 36.4 Å². The third-order valence-corrected chi connectivity index (χ3v) is 6.72. The molecule has 14 heteroatoms. The van der Waals surface area contributed by atoms with Crippen molar-refractivity contribution < 1.29 is 35.7 Å². The largest absolute Gasteiger partial charge is 0.416 e. The number of anilines is 2. The van der Waals surface area contributed by atoms with E-state index in [0.29, 0.717) is 23.4 Å². The predicted molar refractivity (Wildman–Crippen MR) is 143 cm³/mol. The first kappa shape index (κ1) is 29.1. The average molecular weight is 593 g/mol. The van der Waals surface area contributed by atoms with Crippen LogP contribution in [0.3, 0.4) is 0 Å². The maximum atomic E-state index is 13.4. The van der Waals surface area contributed by atoms with Crippen LogP contribution >= 0.6 is 0 Å². The van der Waals surface area contributed by atoms with Crippen LogP contribution in [0.5, 0.6) is 0 Å². The molecule has 0 unspecified atom stereocenters. The van der Waals surface area contributed by atoms with Gasteiger partial charge in [0.2, 0.25) is 0 Å². The van der Waals surface area contributed by atoms with Gasteiger partial charge in [0.15, 0.2) is 0 Å². The molecule has 0 aliphatic carbocycles. The lowest BCUT2D eigenvalue weighted by Crippen LogP contribution is -2.50. The Balaban J connectivity index is 1.41. The molecule has 0 bridgehead atoms. The van der Waals surface area contributed by atoms with Gasteiger partial charge in [0.05, 0.1) is 11.1 Å². The Kier molecular flexibility index (Phi) is 7.73. The Labute approximate surface area is 236 Å². The zero-order valence-electron chi connectivity index (χ0n) is 22.6. The number of amides is 2. The van der Waals surface area contributed by atoms with E-state index in [0.717, 1.165) is 24.3 Å². The zero-order valence-corrected chi connectivity index (χ0v) is 22.6. The van der Waals surface area contributed by atoms with Crippen molar-refractivity contribution in [3.63, 3.8) is 0 Å². The number of piperazine rings is 1. The zero-order chi connectivity index (χ0) is 30.2. The smallest absolute Gasteiger partial charge is 0.352 e. The van der Waals surface area contributed by atoms with Gasteiger partial charge in [-0.3, -0.25) is 0 Å². The summed E-state index contributed by atoms with van der Waals surface area (Å²) in [5.74, 6) is 1.10. The van der Waals surface area contributed by atoms with Gasteiger partial charge >= 0.3 is 18.4 Å². The van der Waals surface area contributed by atoms with Gasteiger partial charge < -0.3 is 19.6 Å². The number of nitrogens with one attached hydrogen (secondary N) is 1. The van der Waals surface area contributed by atoms with Gasteiger partial charge in [-0.25, -0.2) is 9.78 Å². The van der Waals surface area contributed by atoms with Crippen LogP contribution in [0.15, 0.2) is 53.1 Å². The van der Waals surface area contributed by atoms with E-state index in [-0.39, 0.29) is 54.8 Å². The SMILES string of the molecule is CC(C)Cc1nc(N2CCN(C(=O)Nc3cccc(C(F)(F)F)c3)CC2)c2c(-c3cccc(C(F)(F)F)c3)noc2n1. The Morgan fingerprint density at radius 3 is 2.21 bits per heavy atom. The van der Waals surface area contributed by atoms with E-state index in [2.05, 4.69) is 15.5 Å². The molecule has 1 N–H and O–H groups in total.